The number of nitrogens with one attached hydrogen (secondary N) is 1. The van der Waals surface area contributed by atoms with Crippen molar-refractivity contribution < 1.29 is 37.3 Å². The van der Waals surface area contributed by atoms with E-state index in [-0.39, 0.29) is 22.4 Å². The molecule has 0 aliphatic rings. The molecule has 0 aromatic heterocycles. The minimum atomic E-state index is -4.82. The summed E-state index contributed by atoms with van der Waals surface area (Å²) in [6, 6.07) is 2.28. The number of benzene rings is 1. The maximum Gasteiger partial charge on any atom is 0.522 e. The lowest BCUT2D eigenvalue weighted by atomic mass is 10.0. The molecule has 0 atom stereocenters. The fraction of sp³-hybridized carbons (Fsp3) is 0.467. The van der Waals surface area contributed by atoms with Crippen molar-refractivity contribution in [2.45, 2.75) is 46.3 Å². The maximum atomic E-state index is 12.2. The van der Waals surface area contributed by atoms with Gasteiger partial charge in [0.2, 0.25) is 0 Å². The molecule has 24 heavy (non-hydrogen) atoms. The molecule has 0 heterocycles. The molecule has 0 bridgehead atoms. The number of rotatable bonds is 4. The predicted molar refractivity (Wildman–Crippen MR) is 78.8 cm³/mol. The highest BCUT2D eigenvalue weighted by Crippen LogP contribution is 2.26. The van der Waals surface area contributed by atoms with Crippen LogP contribution in [0.5, 0.6) is 0 Å². The molecule has 1 amide bonds. The molecule has 0 fully saturated rings. The molecule has 6 nitrogen and oxygen atoms in total. The minimum Gasteiger partial charge on any atom is -0.478 e. The Balaban J connectivity index is 3.11. The summed E-state index contributed by atoms with van der Waals surface area (Å²) in [6.07, 6.45) is -5.74. The van der Waals surface area contributed by atoms with Gasteiger partial charge in [0.15, 0.2) is 0 Å². The van der Waals surface area contributed by atoms with E-state index in [4.69, 9.17) is 4.74 Å². The Morgan fingerprint density at radius 2 is 1.79 bits per heavy atom. The Labute approximate surface area is 136 Å². The normalized spacial score (nSPS) is 12.0. The number of hydrogen-bond donors (Lipinski definition) is 2. The van der Waals surface area contributed by atoms with Crippen LogP contribution in [-0.2, 0) is 16.1 Å². The van der Waals surface area contributed by atoms with E-state index in [1.54, 1.807) is 20.8 Å². The second-order valence-corrected chi connectivity index (χ2v) is 5.99. The van der Waals surface area contributed by atoms with E-state index in [2.05, 4.69) is 10.1 Å². The number of carboxylic acids is 1. The van der Waals surface area contributed by atoms with Crippen molar-refractivity contribution in [3.8, 4) is 0 Å². The fourth-order valence-corrected chi connectivity index (χ4v) is 1.76. The summed E-state index contributed by atoms with van der Waals surface area (Å²) in [6.45, 7) is 5.48. The standard InChI is InChI=1S/C15H18F3NO5/c1-8-5-10(12(20)21)11(19-13(22)24-14(2,3)4)6-9(8)7-23-15(16,17)18/h5-6H,7H2,1-4H3,(H,19,22)(H,20,21). The summed E-state index contributed by atoms with van der Waals surface area (Å²) in [5.41, 5.74) is -0.896. The van der Waals surface area contributed by atoms with Crippen LogP contribution in [0.3, 0.4) is 0 Å². The van der Waals surface area contributed by atoms with E-state index < -0.39 is 30.6 Å². The van der Waals surface area contributed by atoms with Crippen LogP contribution >= 0.6 is 0 Å². The molecule has 0 radical (unpaired) electrons. The van der Waals surface area contributed by atoms with E-state index in [0.717, 1.165) is 12.1 Å². The Morgan fingerprint density at radius 1 is 1.21 bits per heavy atom. The van der Waals surface area contributed by atoms with E-state index in [9.17, 15) is 27.9 Å². The smallest absolute Gasteiger partial charge is 0.478 e. The number of anilines is 1. The van der Waals surface area contributed by atoms with Crippen molar-refractivity contribution in [1.29, 1.82) is 0 Å². The fourth-order valence-electron chi connectivity index (χ4n) is 1.76. The second kappa shape index (κ2) is 7.08. The molecule has 1 rings (SSSR count). The van der Waals surface area contributed by atoms with Crippen LogP contribution in [0.1, 0.15) is 42.3 Å². The minimum absolute atomic E-state index is 0.0865. The topological polar surface area (TPSA) is 84.9 Å². The summed E-state index contributed by atoms with van der Waals surface area (Å²) in [4.78, 5) is 23.0. The largest absolute Gasteiger partial charge is 0.522 e. The summed E-state index contributed by atoms with van der Waals surface area (Å²) >= 11 is 0. The number of ether oxygens (including phenoxy) is 2. The van der Waals surface area contributed by atoms with Crippen molar-refractivity contribution in [2.24, 2.45) is 0 Å². The Morgan fingerprint density at radius 3 is 2.25 bits per heavy atom. The Bertz CT molecular complexity index is 635. The number of carbonyl (C=O) groups is 2. The SMILES string of the molecule is Cc1cc(C(=O)O)c(NC(=O)OC(C)(C)C)cc1COC(F)(F)F. The average molecular weight is 349 g/mol. The number of aromatic carboxylic acids is 1. The number of aryl methyl sites for hydroxylation is 1. The quantitative estimate of drug-likeness (QED) is 0.856. The molecule has 0 aliphatic carbocycles. The third-order valence-electron chi connectivity index (χ3n) is 2.73. The predicted octanol–water partition coefficient (Wildman–Crippen LogP) is 4.08. The molecule has 0 spiro atoms. The van der Waals surface area contributed by atoms with Crippen molar-refractivity contribution in [2.75, 3.05) is 5.32 Å². The molecular weight excluding hydrogens is 331 g/mol. The van der Waals surface area contributed by atoms with E-state index in [0.29, 0.717) is 0 Å². The van der Waals surface area contributed by atoms with Gasteiger partial charge in [0.1, 0.15) is 5.60 Å². The van der Waals surface area contributed by atoms with Crippen LogP contribution in [0.25, 0.3) is 0 Å². The van der Waals surface area contributed by atoms with E-state index >= 15 is 0 Å². The lowest BCUT2D eigenvalue weighted by Crippen LogP contribution is -2.28. The Hall–Kier alpha value is -2.29. The highest BCUT2D eigenvalue weighted by molar-refractivity contribution is 5.99. The molecule has 1 aromatic rings. The number of amides is 1. The lowest BCUT2D eigenvalue weighted by molar-refractivity contribution is -0.330. The summed E-state index contributed by atoms with van der Waals surface area (Å²) in [5, 5.41) is 11.4. The number of alkyl halides is 3. The maximum absolute atomic E-state index is 12.2. The zero-order valence-corrected chi connectivity index (χ0v) is 13.6. The van der Waals surface area contributed by atoms with Crippen LogP contribution in [0.2, 0.25) is 0 Å². The van der Waals surface area contributed by atoms with Crippen LogP contribution < -0.4 is 5.32 Å². The van der Waals surface area contributed by atoms with Gasteiger partial charge in [0, 0.05) is 0 Å². The first-order valence-corrected chi connectivity index (χ1v) is 6.86. The molecule has 0 saturated heterocycles. The van der Waals surface area contributed by atoms with Gasteiger partial charge < -0.3 is 9.84 Å². The van der Waals surface area contributed by atoms with Gasteiger partial charge in [0.25, 0.3) is 0 Å². The lowest BCUT2D eigenvalue weighted by Gasteiger charge is -2.20. The summed E-state index contributed by atoms with van der Waals surface area (Å²) < 4.78 is 45.3. The summed E-state index contributed by atoms with van der Waals surface area (Å²) in [5.74, 6) is -1.34. The van der Waals surface area contributed by atoms with Gasteiger partial charge in [-0.2, -0.15) is 0 Å². The van der Waals surface area contributed by atoms with Gasteiger partial charge in [0.05, 0.1) is 17.9 Å². The van der Waals surface area contributed by atoms with Gasteiger partial charge in [-0.05, 0) is 51.0 Å². The molecule has 0 saturated carbocycles. The van der Waals surface area contributed by atoms with Gasteiger partial charge in [-0.25, -0.2) is 9.59 Å². The van der Waals surface area contributed by atoms with Crippen LogP contribution in [0, 0.1) is 6.92 Å². The molecule has 2 N–H and O–H groups in total. The van der Waals surface area contributed by atoms with Crippen molar-refractivity contribution in [1.82, 2.24) is 0 Å². The van der Waals surface area contributed by atoms with Crippen LogP contribution in [-0.4, -0.2) is 29.1 Å². The van der Waals surface area contributed by atoms with Gasteiger partial charge in [-0.1, -0.05) is 0 Å². The molecule has 134 valence electrons. The second-order valence-electron chi connectivity index (χ2n) is 5.99. The molecule has 0 unspecified atom stereocenters. The van der Waals surface area contributed by atoms with E-state index in [1.165, 1.54) is 6.92 Å². The number of carboxylic acid groups (broad SMARTS) is 1. The third kappa shape index (κ3) is 6.45. The highest BCUT2D eigenvalue weighted by atomic mass is 19.4. The average Bonchev–Trinajstić information content (AvgIpc) is 2.35. The van der Waals surface area contributed by atoms with Crippen molar-refractivity contribution in [3.05, 3.63) is 28.8 Å². The molecular formula is C15H18F3NO5. The molecule has 1 aromatic carbocycles. The first kappa shape index (κ1) is 19.8. The van der Waals surface area contributed by atoms with Crippen LogP contribution in [0.15, 0.2) is 12.1 Å². The third-order valence-corrected chi connectivity index (χ3v) is 2.73. The Kier molecular flexibility index (Phi) is 5.83. The van der Waals surface area contributed by atoms with Crippen LogP contribution in [0.4, 0.5) is 23.7 Å². The van der Waals surface area contributed by atoms with Crippen molar-refractivity contribution in [3.63, 3.8) is 0 Å². The monoisotopic (exact) mass is 349 g/mol. The number of halogens is 3. The van der Waals surface area contributed by atoms with E-state index in [1.807, 2.05) is 0 Å². The molecule has 0 aliphatic heterocycles. The van der Waals surface area contributed by atoms with Gasteiger partial charge in [-0.15, -0.1) is 13.2 Å². The van der Waals surface area contributed by atoms with Crippen molar-refractivity contribution >= 4 is 17.7 Å². The first-order chi connectivity index (χ1) is 10.8. The zero-order chi connectivity index (χ0) is 18.7. The molecule has 9 heteroatoms. The highest BCUT2D eigenvalue weighted by Gasteiger charge is 2.29. The number of carbonyl (C=O) groups excluding carboxylic acids is 1. The van der Waals surface area contributed by atoms with Gasteiger partial charge in [-0.3, -0.25) is 10.1 Å². The first-order valence-electron chi connectivity index (χ1n) is 6.86. The van der Waals surface area contributed by atoms with Gasteiger partial charge >= 0.3 is 18.4 Å². The zero-order valence-electron chi connectivity index (χ0n) is 13.6. The number of hydrogen-bond acceptors (Lipinski definition) is 4. The summed E-state index contributed by atoms with van der Waals surface area (Å²) in [7, 11) is 0.